The first-order valence-corrected chi connectivity index (χ1v) is 6.79. The van der Waals surface area contributed by atoms with Crippen molar-refractivity contribution in [3.8, 4) is 5.75 Å². The predicted molar refractivity (Wildman–Crippen MR) is 72.6 cm³/mol. The van der Waals surface area contributed by atoms with E-state index in [2.05, 4.69) is 21.2 Å². The Morgan fingerprint density at radius 1 is 1.61 bits per heavy atom. The fraction of sp³-hybridized carbons (Fsp3) is 0.462. The maximum absolute atomic E-state index is 11.9. The number of hydrogen-bond donors (Lipinski definition) is 1. The Balaban J connectivity index is 1.93. The summed E-state index contributed by atoms with van der Waals surface area (Å²) in [6.07, 6.45) is 0.876. The van der Waals surface area contributed by atoms with Gasteiger partial charge in [0.2, 0.25) is 0 Å². The van der Waals surface area contributed by atoms with Crippen LogP contribution in [0.5, 0.6) is 5.75 Å². The fourth-order valence-corrected chi connectivity index (χ4v) is 2.30. The quantitative estimate of drug-likeness (QED) is 0.843. The number of amides is 1. The first-order valence-electron chi connectivity index (χ1n) is 5.87. The molecule has 1 heterocycles. The number of halogens is 1. The molecule has 1 N–H and O–H groups in total. The Morgan fingerprint density at radius 2 is 2.44 bits per heavy atom. The normalized spacial score (nSPS) is 14.8. The van der Waals surface area contributed by atoms with E-state index in [9.17, 15) is 4.79 Å². The lowest BCUT2D eigenvalue weighted by atomic mass is 10.1. The summed E-state index contributed by atoms with van der Waals surface area (Å²) in [4.78, 5) is 12.1. The highest BCUT2D eigenvalue weighted by molar-refractivity contribution is 9.09. The van der Waals surface area contributed by atoms with Gasteiger partial charge in [0.25, 0.3) is 5.91 Å². The third-order valence-electron chi connectivity index (χ3n) is 2.78. The van der Waals surface area contributed by atoms with E-state index in [1.54, 1.807) is 13.2 Å². The molecule has 18 heavy (non-hydrogen) atoms. The van der Waals surface area contributed by atoms with Crippen LogP contribution in [-0.2, 0) is 11.2 Å². The molecular weight excluding hydrogens is 298 g/mol. The monoisotopic (exact) mass is 313 g/mol. The lowest BCUT2D eigenvalue weighted by Crippen LogP contribution is -2.31. The zero-order chi connectivity index (χ0) is 13.0. The Kier molecular flexibility index (Phi) is 4.60. The van der Waals surface area contributed by atoms with Crippen LogP contribution in [0.3, 0.4) is 0 Å². The summed E-state index contributed by atoms with van der Waals surface area (Å²) in [6, 6.07) is 5.55. The van der Waals surface area contributed by atoms with Crippen LogP contribution in [0.1, 0.15) is 15.9 Å². The van der Waals surface area contributed by atoms with Gasteiger partial charge < -0.3 is 14.8 Å². The van der Waals surface area contributed by atoms with Gasteiger partial charge >= 0.3 is 0 Å². The molecule has 4 nitrogen and oxygen atoms in total. The van der Waals surface area contributed by atoms with Crippen molar-refractivity contribution in [1.82, 2.24) is 5.32 Å². The van der Waals surface area contributed by atoms with Crippen LogP contribution in [0.25, 0.3) is 0 Å². The van der Waals surface area contributed by atoms with Gasteiger partial charge in [-0.15, -0.1) is 0 Å². The molecular formula is C13H16BrNO3. The minimum absolute atomic E-state index is 0.0646. The topological polar surface area (TPSA) is 47.6 Å². The molecule has 0 aromatic heterocycles. The molecule has 5 heteroatoms. The summed E-state index contributed by atoms with van der Waals surface area (Å²) < 4.78 is 10.4. The maximum Gasteiger partial charge on any atom is 0.251 e. The zero-order valence-electron chi connectivity index (χ0n) is 10.2. The highest BCUT2D eigenvalue weighted by atomic mass is 79.9. The first kappa shape index (κ1) is 13.4. The molecule has 1 unspecified atom stereocenters. The molecule has 0 radical (unpaired) electrons. The summed E-state index contributed by atoms with van der Waals surface area (Å²) in [5.74, 6) is 0.828. The van der Waals surface area contributed by atoms with Crippen LogP contribution >= 0.6 is 15.9 Å². The van der Waals surface area contributed by atoms with Gasteiger partial charge in [0.05, 0.1) is 18.0 Å². The van der Waals surface area contributed by atoms with Gasteiger partial charge in [-0.25, -0.2) is 0 Å². The summed E-state index contributed by atoms with van der Waals surface area (Å²) in [6.45, 7) is 1.82. The van der Waals surface area contributed by atoms with Crippen molar-refractivity contribution >= 4 is 21.8 Å². The Labute approximate surface area is 115 Å². The second-order valence-electron chi connectivity index (χ2n) is 4.18. The van der Waals surface area contributed by atoms with Crippen LogP contribution in [0.15, 0.2) is 18.2 Å². The highest BCUT2D eigenvalue weighted by Gasteiger charge is 2.15. The van der Waals surface area contributed by atoms with Crippen LogP contribution in [0, 0.1) is 0 Å². The molecule has 0 fully saturated rings. The van der Waals surface area contributed by atoms with Crippen LogP contribution in [-0.4, -0.2) is 37.6 Å². The number of rotatable bonds is 5. The average molecular weight is 314 g/mol. The molecule has 98 valence electrons. The smallest absolute Gasteiger partial charge is 0.251 e. The van der Waals surface area contributed by atoms with Crippen LogP contribution in [0.4, 0.5) is 0 Å². The minimum atomic E-state index is -0.0646. The first-order chi connectivity index (χ1) is 8.70. The zero-order valence-corrected chi connectivity index (χ0v) is 11.8. The van der Waals surface area contributed by atoms with E-state index < -0.39 is 0 Å². The van der Waals surface area contributed by atoms with Crippen molar-refractivity contribution in [2.24, 2.45) is 0 Å². The summed E-state index contributed by atoms with van der Waals surface area (Å²) in [5.41, 5.74) is 1.78. The number of nitrogens with one attached hydrogen (secondary N) is 1. The van der Waals surface area contributed by atoms with Gasteiger partial charge in [-0.1, -0.05) is 15.9 Å². The molecule has 1 aromatic rings. The Hall–Kier alpha value is -1.07. The molecule has 1 atom stereocenters. The Morgan fingerprint density at radius 3 is 3.22 bits per heavy atom. The number of ether oxygens (including phenoxy) is 2. The van der Waals surface area contributed by atoms with Crippen molar-refractivity contribution in [1.29, 1.82) is 0 Å². The molecule has 1 aliphatic heterocycles. The largest absolute Gasteiger partial charge is 0.493 e. The molecule has 0 saturated carbocycles. The number of methoxy groups -OCH3 is 1. The molecule has 0 aliphatic carbocycles. The van der Waals surface area contributed by atoms with Gasteiger partial charge in [0.1, 0.15) is 5.75 Å². The highest BCUT2D eigenvalue weighted by Crippen LogP contribution is 2.25. The molecule has 0 saturated heterocycles. The lowest BCUT2D eigenvalue weighted by Gasteiger charge is -2.10. The summed E-state index contributed by atoms with van der Waals surface area (Å²) >= 11 is 3.43. The number of carbonyl (C=O) groups excluding carboxylic acids is 1. The van der Waals surface area contributed by atoms with E-state index in [1.807, 2.05) is 12.1 Å². The number of hydrogen-bond acceptors (Lipinski definition) is 3. The molecule has 1 aromatic carbocycles. The number of fused-ring (bicyclic) bond motifs is 1. The van der Waals surface area contributed by atoms with E-state index in [0.717, 1.165) is 17.7 Å². The van der Waals surface area contributed by atoms with Crippen LogP contribution < -0.4 is 10.1 Å². The molecule has 0 bridgehead atoms. The van der Waals surface area contributed by atoms with E-state index in [1.165, 1.54) is 0 Å². The van der Waals surface area contributed by atoms with Crippen molar-refractivity contribution in [2.75, 3.05) is 26.9 Å². The van der Waals surface area contributed by atoms with E-state index in [0.29, 0.717) is 25.3 Å². The average Bonchev–Trinajstić information content (AvgIpc) is 2.83. The van der Waals surface area contributed by atoms with E-state index >= 15 is 0 Å². The lowest BCUT2D eigenvalue weighted by molar-refractivity contribution is 0.0950. The van der Waals surface area contributed by atoms with Gasteiger partial charge in [0, 0.05) is 25.6 Å². The minimum Gasteiger partial charge on any atom is -0.493 e. The number of alkyl halides is 1. The van der Waals surface area contributed by atoms with Gasteiger partial charge in [-0.2, -0.15) is 0 Å². The number of carbonyl (C=O) groups is 1. The SMILES string of the molecule is COCC(Br)CNC(=O)c1ccc2c(c1)CCO2. The third kappa shape index (κ3) is 3.23. The molecule has 2 rings (SSSR count). The summed E-state index contributed by atoms with van der Waals surface area (Å²) in [7, 11) is 1.64. The van der Waals surface area contributed by atoms with Crippen molar-refractivity contribution < 1.29 is 14.3 Å². The maximum atomic E-state index is 11.9. The van der Waals surface area contributed by atoms with E-state index in [-0.39, 0.29) is 10.7 Å². The van der Waals surface area contributed by atoms with Crippen molar-refractivity contribution in [2.45, 2.75) is 11.2 Å². The standard InChI is InChI=1S/C13H16BrNO3/c1-17-8-11(14)7-15-13(16)10-2-3-12-9(6-10)4-5-18-12/h2-3,6,11H,4-5,7-8H2,1H3,(H,15,16). The van der Waals surface area contributed by atoms with Crippen molar-refractivity contribution in [3.63, 3.8) is 0 Å². The Bertz CT molecular complexity index is 436. The predicted octanol–water partition coefficient (Wildman–Crippen LogP) is 1.76. The fourth-order valence-electron chi connectivity index (χ4n) is 1.87. The van der Waals surface area contributed by atoms with E-state index in [4.69, 9.17) is 9.47 Å². The number of benzene rings is 1. The second kappa shape index (κ2) is 6.20. The van der Waals surface area contributed by atoms with Crippen molar-refractivity contribution in [3.05, 3.63) is 29.3 Å². The second-order valence-corrected chi connectivity index (χ2v) is 5.48. The van der Waals surface area contributed by atoms with Gasteiger partial charge in [0.15, 0.2) is 0 Å². The summed E-state index contributed by atoms with van der Waals surface area (Å²) in [5, 5.41) is 2.87. The molecule has 0 spiro atoms. The molecule has 1 amide bonds. The molecule has 1 aliphatic rings. The van der Waals surface area contributed by atoms with Gasteiger partial charge in [-0.05, 0) is 23.8 Å². The van der Waals surface area contributed by atoms with Gasteiger partial charge in [-0.3, -0.25) is 4.79 Å². The van der Waals surface area contributed by atoms with Crippen LogP contribution in [0.2, 0.25) is 0 Å². The third-order valence-corrected chi connectivity index (χ3v) is 3.37.